The minimum Gasteiger partial charge on any atom is -0.381 e. The lowest BCUT2D eigenvalue weighted by molar-refractivity contribution is -0.123. The van der Waals surface area contributed by atoms with Gasteiger partial charge < -0.3 is 15.4 Å². The Bertz CT molecular complexity index is 428. The molecule has 1 fully saturated rings. The second-order valence-corrected chi connectivity index (χ2v) is 5.70. The Kier molecular flexibility index (Phi) is 4.96. The third-order valence-electron chi connectivity index (χ3n) is 3.46. The summed E-state index contributed by atoms with van der Waals surface area (Å²) in [5.74, 6) is 0.0207. The fourth-order valence-electron chi connectivity index (χ4n) is 2.45. The van der Waals surface area contributed by atoms with Gasteiger partial charge in [-0.2, -0.15) is 0 Å². The number of carbonyl (C=O) groups is 1. The fraction of sp³-hybridized carbons (Fsp3) is 0.500. The highest BCUT2D eigenvalue weighted by Gasteiger charge is 2.35. The second-order valence-electron chi connectivity index (χ2n) is 4.78. The van der Waals surface area contributed by atoms with Crippen molar-refractivity contribution in [1.29, 1.82) is 0 Å². The monoisotopic (exact) mass is 326 g/mol. The van der Waals surface area contributed by atoms with Crippen molar-refractivity contribution < 1.29 is 9.53 Å². The van der Waals surface area contributed by atoms with Crippen LogP contribution in [0.5, 0.6) is 0 Å². The highest BCUT2D eigenvalue weighted by Crippen LogP contribution is 2.32. The molecule has 2 N–H and O–H groups in total. The molecule has 0 aliphatic carbocycles. The van der Waals surface area contributed by atoms with Crippen LogP contribution in [-0.2, 0) is 15.1 Å². The average Bonchev–Trinajstić information content (AvgIpc) is 2.40. The first-order valence-corrected chi connectivity index (χ1v) is 7.25. The lowest BCUT2D eigenvalue weighted by Crippen LogP contribution is -2.51. The van der Waals surface area contributed by atoms with E-state index >= 15 is 0 Å². The van der Waals surface area contributed by atoms with E-state index in [9.17, 15) is 4.79 Å². The first kappa shape index (κ1) is 14.5. The molecule has 1 aliphatic rings. The molecule has 0 aromatic heterocycles. The summed E-state index contributed by atoms with van der Waals surface area (Å²) in [7, 11) is 1.77. The molecule has 19 heavy (non-hydrogen) atoms. The summed E-state index contributed by atoms with van der Waals surface area (Å²) in [5, 5.41) is 6.06. The van der Waals surface area contributed by atoms with Gasteiger partial charge in [-0.25, -0.2) is 0 Å². The van der Waals surface area contributed by atoms with Crippen LogP contribution in [0.3, 0.4) is 0 Å². The maximum absolute atomic E-state index is 11.9. The Hall–Kier alpha value is -0.910. The second kappa shape index (κ2) is 6.50. The third kappa shape index (κ3) is 3.55. The van der Waals surface area contributed by atoms with E-state index in [1.165, 1.54) is 0 Å². The van der Waals surface area contributed by atoms with Crippen molar-refractivity contribution in [1.82, 2.24) is 10.6 Å². The molecule has 0 atom stereocenters. The molecular weight excluding hydrogens is 308 g/mol. The van der Waals surface area contributed by atoms with E-state index < -0.39 is 0 Å². The number of rotatable bonds is 4. The van der Waals surface area contributed by atoms with Gasteiger partial charge in [0.15, 0.2) is 0 Å². The van der Waals surface area contributed by atoms with E-state index in [-0.39, 0.29) is 11.4 Å². The summed E-state index contributed by atoms with van der Waals surface area (Å²) >= 11 is 3.44. The minimum atomic E-state index is -0.299. The van der Waals surface area contributed by atoms with Gasteiger partial charge in [-0.3, -0.25) is 4.79 Å². The van der Waals surface area contributed by atoms with E-state index in [4.69, 9.17) is 4.74 Å². The van der Waals surface area contributed by atoms with Gasteiger partial charge in [0.05, 0.1) is 12.1 Å². The molecule has 104 valence electrons. The Balaban J connectivity index is 2.23. The van der Waals surface area contributed by atoms with Gasteiger partial charge in [0.2, 0.25) is 5.91 Å². The molecular formula is C14H19BrN2O2. The number of carbonyl (C=O) groups excluding carboxylic acids is 1. The van der Waals surface area contributed by atoms with E-state index in [0.717, 1.165) is 22.9 Å². The summed E-state index contributed by atoms with van der Waals surface area (Å²) in [6, 6.07) is 8.15. The van der Waals surface area contributed by atoms with Crippen LogP contribution in [0.2, 0.25) is 0 Å². The third-order valence-corrected chi connectivity index (χ3v) is 3.99. The quantitative estimate of drug-likeness (QED) is 0.887. The molecule has 1 aromatic carbocycles. The summed E-state index contributed by atoms with van der Waals surface area (Å²) in [6.07, 6.45) is 1.62. The molecule has 1 amide bonds. The predicted octanol–water partition coefficient (Wildman–Crippen LogP) is 1.79. The molecule has 4 nitrogen and oxygen atoms in total. The number of halogens is 1. The van der Waals surface area contributed by atoms with Crippen molar-refractivity contribution in [3.05, 3.63) is 34.3 Å². The largest absolute Gasteiger partial charge is 0.381 e. The number of amides is 1. The van der Waals surface area contributed by atoms with Crippen LogP contribution in [0.4, 0.5) is 0 Å². The molecule has 0 spiro atoms. The molecule has 5 heteroatoms. The van der Waals surface area contributed by atoms with Crippen molar-refractivity contribution in [2.75, 3.05) is 26.8 Å². The van der Waals surface area contributed by atoms with Gasteiger partial charge in [0, 0.05) is 17.7 Å². The van der Waals surface area contributed by atoms with Gasteiger partial charge in [0.25, 0.3) is 0 Å². The van der Waals surface area contributed by atoms with Crippen molar-refractivity contribution >= 4 is 21.8 Å². The topological polar surface area (TPSA) is 50.4 Å². The average molecular weight is 327 g/mol. The summed E-state index contributed by atoms with van der Waals surface area (Å²) in [4.78, 5) is 11.9. The molecule has 1 saturated heterocycles. The number of ether oxygens (including phenoxy) is 1. The Morgan fingerprint density at radius 1 is 1.32 bits per heavy atom. The smallest absolute Gasteiger partial charge is 0.234 e. The standard InChI is InChI=1S/C14H19BrN2O2/c1-16-10-13(18)17-14(6-8-19-9-7-14)11-2-4-12(15)5-3-11/h2-5,16H,6-10H2,1H3,(H,17,18). The molecule has 0 unspecified atom stereocenters. The van der Waals surface area contributed by atoms with Crippen molar-refractivity contribution in [2.45, 2.75) is 18.4 Å². The highest BCUT2D eigenvalue weighted by atomic mass is 79.9. The highest BCUT2D eigenvalue weighted by molar-refractivity contribution is 9.10. The van der Waals surface area contributed by atoms with Crippen LogP contribution >= 0.6 is 15.9 Å². The molecule has 0 bridgehead atoms. The van der Waals surface area contributed by atoms with Gasteiger partial charge in [0.1, 0.15) is 0 Å². The predicted molar refractivity (Wildman–Crippen MR) is 77.9 cm³/mol. The maximum atomic E-state index is 11.9. The number of hydrogen-bond donors (Lipinski definition) is 2. The summed E-state index contributed by atoms with van der Waals surface area (Å²) < 4.78 is 6.48. The van der Waals surface area contributed by atoms with Crippen molar-refractivity contribution in [3.63, 3.8) is 0 Å². The number of likely N-dealkylation sites (N-methyl/N-ethyl adjacent to an activating group) is 1. The zero-order valence-electron chi connectivity index (χ0n) is 11.0. The number of benzene rings is 1. The van der Waals surface area contributed by atoms with Crippen LogP contribution in [-0.4, -0.2) is 32.7 Å². The molecule has 0 radical (unpaired) electrons. The fourth-order valence-corrected chi connectivity index (χ4v) is 2.71. The summed E-state index contributed by atoms with van der Waals surface area (Å²) in [6.45, 7) is 1.69. The summed E-state index contributed by atoms with van der Waals surface area (Å²) in [5.41, 5.74) is 0.843. The lowest BCUT2D eigenvalue weighted by atomic mass is 9.82. The van der Waals surface area contributed by atoms with Gasteiger partial charge >= 0.3 is 0 Å². The van der Waals surface area contributed by atoms with E-state index in [1.807, 2.05) is 12.1 Å². The zero-order chi connectivity index (χ0) is 13.7. The zero-order valence-corrected chi connectivity index (χ0v) is 12.6. The van der Waals surface area contributed by atoms with E-state index in [2.05, 4.69) is 38.7 Å². The molecule has 2 rings (SSSR count). The van der Waals surface area contributed by atoms with Crippen LogP contribution in [0.15, 0.2) is 28.7 Å². The number of nitrogens with one attached hydrogen (secondary N) is 2. The van der Waals surface area contributed by atoms with Gasteiger partial charge in [-0.1, -0.05) is 28.1 Å². The van der Waals surface area contributed by atoms with Crippen molar-refractivity contribution in [2.24, 2.45) is 0 Å². The van der Waals surface area contributed by atoms with E-state index in [1.54, 1.807) is 7.05 Å². The van der Waals surface area contributed by atoms with E-state index in [0.29, 0.717) is 19.8 Å². The molecule has 1 heterocycles. The molecule has 0 saturated carbocycles. The van der Waals surface area contributed by atoms with Crippen LogP contribution in [0, 0.1) is 0 Å². The maximum Gasteiger partial charge on any atom is 0.234 e. The molecule has 1 aromatic rings. The SMILES string of the molecule is CNCC(=O)NC1(c2ccc(Br)cc2)CCOCC1. The Morgan fingerprint density at radius 3 is 2.53 bits per heavy atom. The van der Waals surface area contributed by atoms with Gasteiger partial charge in [-0.05, 0) is 37.6 Å². The van der Waals surface area contributed by atoms with Crippen molar-refractivity contribution in [3.8, 4) is 0 Å². The number of hydrogen-bond acceptors (Lipinski definition) is 3. The lowest BCUT2D eigenvalue weighted by Gasteiger charge is -2.38. The molecule has 1 aliphatic heterocycles. The van der Waals surface area contributed by atoms with Gasteiger partial charge in [-0.15, -0.1) is 0 Å². The van der Waals surface area contributed by atoms with Crippen LogP contribution in [0.1, 0.15) is 18.4 Å². The Morgan fingerprint density at radius 2 is 1.95 bits per heavy atom. The Labute approximate surface area is 122 Å². The van der Waals surface area contributed by atoms with Crippen LogP contribution < -0.4 is 10.6 Å². The first-order chi connectivity index (χ1) is 9.16. The first-order valence-electron chi connectivity index (χ1n) is 6.46. The van der Waals surface area contributed by atoms with Crippen LogP contribution in [0.25, 0.3) is 0 Å². The normalized spacial score (nSPS) is 18.0. The minimum absolute atomic E-state index is 0.0207.